The number of hydrogen-bond acceptors (Lipinski definition) is 9. The van der Waals surface area contributed by atoms with Crippen LogP contribution in [0.2, 0.25) is 0 Å². The number of nitrogens with two attached hydrogens (primary N) is 2. The fourth-order valence-electron chi connectivity index (χ4n) is 3.61. The second kappa shape index (κ2) is 9.94. The van der Waals surface area contributed by atoms with Crippen LogP contribution in [0.15, 0.2) is 42.6 Å². The molecule has 37 heavy (non-hydrogen) atoms. The third kappa shape index (κ3) is 4.85. The molecule has 0 saturated heterocycles. The average Bonchev–Trinajstić information content (AvgIpc) is 3.22. The fourth-order valence-corrected chi connectivity index (χ4v) is 4.70. The largest absolute Gasteiger partial charge is 0.382 e. The summed E-state index contributed by atoms with van der Waals surface area (Å²) in [6.45, 7) is -0.511. The van der Waals surface area contributed by atoms with Crippen molar-refractivity contribution in [2.45, 2.75) is 6.54 Å². The van der Waals surface area contributed by atoms with Crippen LogP contribution < -0.4 is 21.1 Å². The summed E-state index contributed by atoms with van der Waals surface area (Å²) in [6, 6.07) is 9.73. The number of nitrogen functional groups attached to an aromatic ring is 2. The highest BCUT2D eigenvalue weighted by molar-refractivity contribution is 7.90. The molecule has 5 N–H and O–H groups in total. The van der Waals surface area contributed by atoms with E-state index in [1.807, 2.05) is 0 Å². The van der Waals surface area contributed by atoms with Gasteiger partial charge in [-0.3, -0.25) is 4.79 Å². The van der Waals surface area contributed by atoms with Crippen LogP contribution in [0.3, 0.4) is 0 Å². The van der Waals surface area contributed by atoms with Crippen LogP contribution >= 0.6 is 0 Å². The third-order valence-electron chi connectivity index (χ3n) is 5.49. The summed E-state index contributed by atoms with van der Waals surface area (Å²) >= 11 is 0. The molecule has 13 nitrogen and oxygen atoms in total. The second-order valence-corrected chi connectivity index (χ2v) is 10.2. The number of carbonyl (C=O) groups excluding carboxylic acids is 1. The minimum absolute atomic E-state index is 0.00572. The second-order valence-electron chi connectivity index (χ2n) is 8.11. The van der Waals surface area contributed by atoms with Gasteiger partial charge in [-0.25, -0.2) is 28.3 Å². The summed E-state index contributed by atoms with van der Waals surface area (Å²) < 4.78 is 43.4. The Kier molecular flexibility index (Phi) is 6.91. The van der Waals surface area contributed by atoms with Gasteiger partial charge in [-0.05, 0) is 18.2 Å². The van der Waals surface area contributed by atoms with Crippen LogP contribution in [0.4, 0.5) is 21.7 Å². The Morgan fingerprint density at radius 3 is 2.41 bits per heavy atom. The summed E-state index contributed by atoms with van der Waals surface area (Å²) in [5.74, 6) is -1.55. The number of rotatable bonds is 8. The maximum Gasteiger partial charge on any atom is 0.304 e. The molecular formula is C22H25FN10O3S. The van der Waals surface area contributed by atoms with Crippen LogP contribution in [0.25, 0.3) is 22.6 Å². The number of pyridine rings is 1. The molecule has 194 valence electrons. The van der Waals surface area contributed by atoms with E-state index < -0.39 is 28.5 Å². The summed E-state index contributed by atoms with van der Waals surface area (Å²) in [5, 5.41) is 7.45. The number of hydrogen-bond donors (Lipinski definition) is 3. The van der Waals surface area contributed by atoms with E-state index in [0.717, 1.165) is 8.61 Å². The van der Waals surface area contributed by atoms with E-state index in [4.69, 9.17) is 11.5 Å². The number of nitrogens with zero attached hydrogens (tertiary/aromatic N) is 7. The van der Waals surface area contributed by atoms with E-state index in [-0.39, 0.29) is 35.4 Å². The molecule has 1 aromatic carbocycles. The van der Waals surface area contributed by atoms with Crippen LogP contribution in [0.5, 0.6) is 0 Å². The maximum absolute atomic E-state index is 14.3. The van der Waals surface area contributed by atoms with Gasteiger partial charge in [-0.1, -0.05) is 18.2 Å². The molecule has 0 saturated carbocycles. The van der Waals surface area contributed by atoms with Gasteiger partial charge in [0.25, 0.3) is 0 Å². The molecular weight excluding hydrogens is 503 g/mol. The number of amides is 1. The molecule has 0 aliphatic heterocycles. The summed E-state index contributed by atoms with van der Waals surface area (Å²) in [6.07, 6.45) is 1.57. The van der Waals surface area contributed by atoms with E-state index in [9.17, 15) is 17.6 Å². The lowest BCUT2D eigenvalue weighted by molar-refractivity contribution is -0.119. The van der Waals surface area contributed by atoms with Crippen LogP contribution in [-0.4, -0.2) is 71.1 Å². The fraction of sp³-hybridized carbons (Fsp3) is 0.227. The van der Waals surface area contributed by atoms with Crippen molar-refractivity contribution in [3.63, 3.8) is 0 Å². The Bertz CT molecular complexity index is 1570. The van der Waals surface area contributed by atoms with Gasteiger partial charge >= 0.3 is 10.2 Å². The first-order valence-corrected chi connectivity index (χ1v) is 12.3. The van der Waals surface area contributed by atoms with Crippen molar-refractivity contribution in [3.05, 3.63) is 54.0 Å². The van der Waals surface area contributed by atoms with Gasteiger partial charge in [0.1, 0.15) is 23.7 Å². The molecule has 0 atom stereocenters. The lowest BCUT2D eigenvalue weighted by atomic mass is 10.2. The quantitative estimate of drug-likeness (QED) is 0.295. The number of carbonyl (C=O) groups is 1. The number of fused-ring (bicyclic) bond motifs is 1. The Hall–Kier alpha value is -4.37. The highest BCUT2D eigenvalue weighted by Gasteiger charge is 2.32. The molecule has 1 amide bonds. The number of nitrogens with one attached hydrogen (secondary N) is 1. The molecule has 0 unspecified atom stereocenters. The SMILES string of the molecule is CNC(=O)CN(c1c(N)nc(-c2nn(Cc3ccccc3F)c3ncccc23)nc1N)S(=O)(=O)N(C)C. The standard InChI is InChI=1S/C22H25FN10O3S/c1-26-16(34)12-33(37(35,36)31(2)3)18-19(24)28-21(29-20(18)25)17-14-8-6-10-27-22(14)32(30-17)11-13-7-4-5-9-15(13)23/h4-10H,11-12H2,1-3H3,(H,26,34)(H4,24,25,28,29). The van der Waals surface area contributed by atoms with E-state index in [2.05, 4.69) is 25.4 Å². The van der Waals surface area contributed by atoms with E-state index in [0.29, 0.717) is 16.6 Å². The van der Waals surface area contributed by atoms with Crippen molar-refractivity contribution < 1.29 is 17.6 Å². The van der Waals surface area contributed by atoms with Gasteiger partial charge in [0.2, 0.25) is 5.91 Å². The summed E-state index contributed by atoms with van der Waals surface area (Å²) in [7, 11) is -0.220. The van der Waals surface area contributed by atoms with Crippen molar-refractivity contribution in [1.29, 1.82) is 0 Å². The monoisotopic (exact) mass is 528 g/mol. The number of halogens is 1. The number of benzene rings is 1. The molecule has 0 spiro atoms. The molecule has 3 aromatic heterocycles. The molecule has 0 radical (unpaired) electrons. The van der Waals surface area contributed by atoms with Gasteiger partial charge in [-0.2, -0.15) is 17.8 Å². The zero-order chi connectivity index (χ0) is 26.9. The predicted molar refractivity (Wildman–Crippen MR) is 137 cm³/mol. The van der Waals surface area contributed by atoms with Crippen molar-refractivity contribution in [2.24, 2.45) is 0 Å². The predicted octanol–water partition coefficient (Wildman–Crippen LogP) is 0.599. The van der Waals surface area contributed by atoms with Crippen molar-refractivity contribution in [2.75, 3.05) is 43.5 Å². The van der Waals surface area contributed by atoms with E-state index >= 15 is 0 Å². The Labute approximate surface area is 212 Å². The van der Waals surface area contributed by atoms with Gasteiger partial charge in [0, 0.05) is 32.9 Å². The Morgan fingerprint density at radius 1 is 1.11 bits per heavy atom. The topological polar surface area (TPSA) is 178 Å². The minimum Gasteiger partial charge on any atom is -0.382 e. The summed E-state index contributed by atoms with van der Waals surface area (Å²) in [5.41, 5.74) is 13.2. The van der Waals surface area contributed by atoms with Crippen molar-refractivity contribution >= 4 is 44.5 Å². The molecule has 0 bridgehead atoms. The highest BCUT2D eigenvalue weighted by atomic mass is 32.2. The van der Waals surface area contributed by atoms with Gasteiger partial charge in [0.15, 0.2) is 23.1 Å². The van der Waals surface area contributed by atoms with E-state index in [1.165, 1.54) is 31.9 Å². The van der Waals surface area contributed by atoms with Crippen LogP contribution in [-0.2, 0) is 21.5 Å². The molecule has 0 aliphatic rings. The van der Waals surface area contributed by atoms with Crippen LogP contribution in [0.1, 0.15) is 5.56 Å². The molecule has 4 aromatic rings. The maximum atomic E-state index is 14.3. The molecule has 0 aliphatic carbocycles. The lowest BCUT2D eigenvalue weighted by Crippen LogP contribution is -2.46. The van der Waals surface area contributed by atoms with Gasteiger partial charge in [-0.15, -0.1) is 0 Å². The number of likely N-dealkylation sites (N-methyl/N-ethyl adjacent to an activating group) is 1. The number of aromatic nitrogens is 5. The first-order valence-electron chi connectivity index (χ1n) is 10.9. The van der Waals surface area contributed by atoms with Crippen molar-refractivity contribution in [1.82, 2.24) is 34.4 Å². The first kappa shape index (κ1) is 25.7. The normalized spacial score (nSPS) is 11.7. The first-order chi connectivity index (χ1) is 17.5. The van der Waals surface area contributed by atoms with Crippen LogP contribution in [0, 0.1) is 5.82 Å². The minimum atomic E-state index is -4.19. The lowest BCUT2D eigenvalue weighted by Gasteiger charge is -2.27. The van der Waals surface area contributed by atoms with Gasteiger partial charge < -0.3 is 16.8 Å². The smallest absolute Gasteiger partial charge is 0.304 e. The molecule has 15 heteroatoms. The number of anilines is 3. The molecule has 0 fully saturated rings. The van der Waals surface area contributed by atoms with Crippen molar-refractivity contribution in [3.8, 4) is 11.5 Å². The highest BCUT2D eigenvalue weighted by Crippen LogP contribution is 2.34. The molecule has 3 heterocycles. The zero-order valence-electron chi connectivity index (χ0n) is 20.3. The zero-order valence-corrected chi connectivity index (χ0v) is 21.1. The van der Waals surface area contributed by atoms with E-state index in [1.54, 1.807) is 36.5 Å². The molecule has 4 rings (SSSR count). The average molecular weight is 529 g/mol. The Balaban J connectivity index is 1.84. The van der Waals surface area contributed by atoms with Gasteiger partial charge in [0.05, 0.1) is 11.9 Å². The Morgan fingerprint density at radius 2 is 1.78 bits per heavy atom. The third-order valence-corrected chi connectivity index (χ3v) is 7.28. The summed E-state index contributed by atoms with van der Waals surface area (Å²) in [4.78, 5) is 25.0.